The first-order valence-corrected chi connectivity index (χ1v) is 5.95. The van der Waals surface area contributed by atoms with Crippen LogP contribution in [0.25, 0.3) is 0 Å². The van der Waals surface area contributed by atoms with Crippen molar-refractivity contribution in [2.45, 2.75) is 18.9 Å². The molecule has 0 bridgehead atoms. The summed E-state index contributed by atoms with van der Waals surface area (Å²) in [4.78, 5) is 21.4. The van der Waals surface area contributed by atoms with Crippen molar-refractivity contribution in [1.29, 1.82) is 0 Å². The van der Waals surface area contributed by atoms with E-state index in [4.69, 9.17) is 10.5 Å². The van der Waals surface area contributed by atoms with Gasteiger partial charge in [0.1, 0.15) is 0 Å². The number of carbonyl (C=O) groups excluding carboxylic acids is 1. The van der Waals surface area contributed by atoms with Gasteiger partial charge in [0.25, 0.3) is 5.69 Å². The quantitative estimate of drug-likeness (QED) is 0.447. The van der Waals surface area contributed by atoms with Gasteiger partial charge < -0.3 is 15.8 Å². The number of nitrogens with zero attached hydrogens (tertiary/aromatic N) is 1. The van der Waals surface area contributed by atoms with Gasteiger partial charge in [0, 0.05) is 19.8 Å². The lowest BCUT2D eigenvalue weighted by Crippen LogP contribution is -2.36. The molecule has 1 amide bonds. The number of benzene rings is 1. The van der Waals surface area contributed by atoms with Crippen molar-refractivity contribution in [3.63, 3.8) is 0 Å². The Hall–Kier alpha value is -2.06. The minimum atomic E-state index is -0.878. The number of hydrogen-bond donors (Lipinski definition) is 2. The van der Waals surface area contributed by atoms with Crippen LogP contribution in [0.4, 0.5) is 15.8 Å². The van der Waals surface area contributed by atoms with Crippen molar-refractivity contribution >= 4 is 17.3 Å². The lowest BCUT2D eigenvalue weighted by atomic mass is 10.1. The average Bonchev–Trinajstić information content (AvgIpc) is 2.40. The maximum atomic E-state index is 13.6. The molecule has 0 aromatic heterocycles. The zero-order valence-electron chi connectivity index (χ0n) is 11.0. The number of carbonyl (C=O) groups is 1. The summed E-state index contributed by atoms with van der Waals surface area (Å²) >= 11 is 0. The highest BCUT2D eigenvalue weighted by atomic mass is 19.1. The number of non-ortho nitro benzene ring substituents is 1. The molecule has 0 aliphatic carbocycles. The molecule has 8 heteroatoms. The molecule has 7 nitrogen and oxygen atoms in total. The first-order valence-electron chi connectivity index (χ1n) is 5.95. The second-order valence-electron chi connectivity index (χ2n) is 4.15. The molecule has 0 aliphatic heterocycles. The molecule has 1 rings (SSSR count). The largest absolute Gasteiger partial charge is 0.385 e. The molecular formula is C12H16FN3O4. The van der Waals surface area contributed by atoms with E-state index < -0.39 is 22.7 Å². The Labute approximate surface area is 115 Å². The third-order valence-electron chi connectivity index (χ3n) is 2.62. The fraction of sp³-hybridized carbons (Fsp3) is 0.417. The second-order valence-corrected chi connectivity index (χ2v) is 4.15. The number of anilines is 1. The van der Waals surface area contributed by atoms with Crippen molar-refractivity contribution in [3.05, 3.63) is 34.1 Å². The van der Waals surface area contributed by atoms with Crippen LogP contribution in [-0.2, 0) is 9.53 Å². The molecule has 110 valence electrons. The van der Waals surface area contributed by atoms with Crippen molar-refractivity contribution in [1.82, 2.24) is 0 Å². The van der Waals surface area contributed by atoms with Crippen molar-refractivity contribution in [2.75, 3.05) is 19.0 Å². The molecule has 0 fully saturated rings. The minimum Gasteiger partial charge on any atom is -0.385 e. The van der Waals surface area contributed by atoms with E-state index in [9.17, 15) is 19.3 Å². The fourth-order valence-corrected chi connectivity index (χ4v) is 1.52. The summed E-state index contributed by atoms with van der Waals surface area (Å²) in [6.45, 7) is 0.479. The van der Waals surface area contributed by atoms with Gasteiger partial charge in [-0.1, -0.05) is 0 Å². The van der Waals surface area contributed by atoms with Crippen molar-refractivity contribution < 1.29 is 18.8 Å². The zero-order valence-corrected chi connectivity index (χ0v) is 11.0. The molecule has 0 saturated carbocycles. The second kappa shape index (κ2) is 7.51. The van der Waals surface area contributed by atoms with E-state index >= 15 is 0 Å². The van der Waals surface area contributed by atoms with Crippen LogP contribution in [0.15, 0.2) is 18.2 Å². The topological polar surface area (TPSA) is 107 Å². The molecule has 1 aromatic rings. The van der Waals surface area contributed by atoms with E-state index in [0.29, 0.717) is 19.4 Å². The van der Waals surface area contributed by atoms with Crippen LogP contribution in [0.2, 0.25) is 0 Å². The third kappa shape index (κ3) is 4.56. The molecule has 1 unspecified atom stereocenters. The van der Waals surface area contributed by atoms with Crippen LogP contribution in [0.1, 0.15) is 12.8 Å². The summed E-state index contributed by atoms with van der Waals surface area (Å²) in [5, 5.41) is 12.8. The fourth-order valence-electron chi connectivity index (χ4n) is 1.52. The van der Waals surface area contributed by atoms with Gasteiger partial charge in [0.05, 0.1) is 22.7 Å². The zero-order chi connectivity index (χ0) is 15.1. The van der Waals surface area contributed by atoms with Gasteiger partial charge in [0.15, 0.2) is 5.82 Å². The number of nitrogens with two attached hydrogens (primary N) is 1. The summed E-state index contributed by atoms with van der Waals surface area (Å²) in [7, 11) is 1.54. The lowest BCUT2D eigenvalue weighted by Gasteiger charge is -2.12. The maximum Gasteiger partial charge on any atom is 0.272 e. The molecule has 20 heavy (non-hydrogen) atoms. The molecule has 3 N–H and O–H groups in total. The number of nitro groups is 1. The molecule has 0 spiro atoms. The number of hydrogen-bond acceptors (Lipinski definition) is 5. The van der Waals surface area contributed by atoms with Crippen molar-refractivity contribution in [3.8, 4) is 0 Å². The summed E-state index contributed by atoms with van der Waals surface area (Å²) in [5.41, 5.74) is 5.12. The highest BCUT2D eigenvalue weighted by Crippen LogP contribution is 2.20. The van der Waals surface area contributed by atoms with E-state index in [1.165, 1.54) is 7.11 Å². The van der Waals surface area contributed by atoms with E-state index in [0.717, 1.165) is 18.2 Å². The lowest BCUT2D eigenvalue weighted by molar-refractivity contribution is -0.385. The van der Waals surface area contributed by atoms with Crippen LogP contribution < -0.4 is 11.1 Å². The van der Waals surface area contributed by atoms with E-state index in [1.54, 1.807) is 0 Å². The molecule has 0 aliphatic rings. The van der Waals surface area contributed by atoms with Gasteiger partial charge in [-0.15, -0.1) is 0 Å². The first-order chi connectivity index (χ1) is 9.45. The van der Waals surface area contributed by atoms with Crippen LogP contribution >= 0.6 is 0 Å². The number of rotatable bonds is 7. The third-order valence-corrected chi connectivity index (χ3v) is 2.62. The number of nitrogens with one attached hydrogen (secondary N) is 1. The van der Waals surface area contributed by atoms with Gasteiger partial charge in [-0.3, -0.25) is 14.9 Å². The van der Waals surface area contributed by atoms with Gasteiger partial charge in [0.2, 0.25) is 5.91 Å². The molecule has 0 radical (unpaired) electrons. The van der Waals surface area contributed by atoms with Crippen molar-refractivity contribution in [2.24, 2.45) is 5.73 Å². The number of methoxy groups -OCH3 is 1. The summed E-state index contributed by atoms with van der Waals surface area (Å²) in [6, 6.07) is 2.19. The highest BCUT2D eigenvalue weighted by molar-refractivity contribution is 5.94. The SMILES string of the molecule is COCCCC(N)C(=O)Nc1ccc([N+](=O)[O-])cc1F. The van der Waals surface area contributed by atoms with Crippen LogP contribution in [-0.4, -0.2) is 30.6 Å². The Morgan fingerprint density at radius 3 is 2.85 bits per heavy atom. The first kappa shape index (κ1) is 16.0. The minimum absolute atomic E-state index is 0.136. The van der Waals surface area contributed by atoms with Gasteiger partial charge in [-0.05, 0) is 18.9 Å². The maximum absolute atomic E-state index is 13.6. The van der Waals surface area contributed by atoms with Gasteiger partial charge in [-0.25, -0.2) is 4.39 Å². The standard InChI is InChI=1S/C12H16FN3O4/c1-20-6-2-3-10(14)12(17)15-11-5-4-8(16(18)19)7-9(11)13/h4-5,7,10H,2-3,6,14H2,1H3,(H,15,17). The molecule has 0 heterocycles. The Balaban J connectivity index is 2.64. The predicted molar refractivity (Wildman–Crippen MR) is 70.8 cm³/mol. The Morgan fingerprint density at radius 2 is 2.30 bits per heavy atom. The predicted octanol–water partition coefficient (Wildman–Crippen LogP) is 1.43. The number of ether oxygens (including phenoxy) is 1. The van der Waals surface area contributed by atoms with Crippen LogP contribution in [0, 0.1) is 15.9 Å². The van der Waals surface area contributed by atoms with Crippen LogP contribution in [0.5, 0.6) is 0 Å². The number of amides is 1. The number of halogens is 1. The Bertz CT molecular complexity index is 496. The van der Waals surface area contributed by atoms with Gasteiger partial charge in [-0.2, -0.15) is 0 Å². The van der Waals surface area contributed by atoms with Gasteiger partial charge >= 0.3 is 0 Å². The highest BCUT2D eigenvalue weighted by Gasteiger charge is 2.16. The van der Waals surface area contributed by atoms with E-state index in [1.807, 2.05) is 0 Å². The number of nitro benzene ring substituents is 1. The van der Waals surface area contributed by atoms with E-state index in [2.05, 4.69) is 5.32 Å². The summed E-state index contributed by atoms with van der Waals surface area (Å²) in [6.07, 6.45) is 1.00. The monoisotopic (exact) mass is 285 g/mol. The normalized spacial score (nSPS) is 11.9. The molecule has 0 saturated heterocycles. The molecular weight excluding hydrogens is 269 g/mol. The van der Waals surface area contributed by atoms with Crippen LogP contribution in [0.3, 0.4) is 0 Å². The Morgan fingerprint density at radius 1 is 1.60 bits per heavy atom. The van der Waals surface area contributed by atoms with E-state index in [-0.39, 0.29) is 11.4 Å². The molecule has 1 aromatic carbocycles. The molecule has 1 atom stereocenters. The smallest absolute Gasteiger partial charge is 0.272 e. The summed E-state index contributed by atoms with van der Waals surface area (Å²) < 4.78 is 18.4. The average molecular weight is 285 g/mol. The Kier molecular flexibility index (Phi) is 6.01. The summed E-state index contributed by atoms with van der Waals surface area (Å²) in [5.74, 6) is -1.43.